The first-order valence-corrected chi connectivity index (χ1v) is 7.46. The summed E-state index contributed by atoms with van der Waals surface area (Å²) in [6.07, 6.45) is 7.26. The normalized spacial score (nSPS) is 25.2. The molecule has 1 aliphatic carbocycles. The van der Waals surface area contributed by atoms with Gasteiger partial charge in [0.1, 0.15) is 0 Å². The second-order valence-electron chi connectivity index (χ2n) is 5.95. The van der Waals surface area contributed by atoms with Gasteiger partial charge in [-0.1, -0.05) is 19.8 Å². The van der Waals surface area contributed by atoms with Crippen molar-refractivity contribution in [2.24, 2.45) is 5.73 Å². The average molecular weight is 253 g/mol. The first-order chi connectivity index (χ1) is 8.64. The number of piperidine rings is 1. The van der Waals surface area contributed by atoms with E-state index < -0.39 is 5.54 Å². The molecule has 0 unspecified atom stereocenters. The molecular weight excluding hydrogens is 226 g/mol. The van der Waals surface area contributed by atoms with Gasteiger partial charge in [0.2, 0.25) is 5.91 Å². The number of carbonyl (C=O) groups excluding carboxylic acids is 1. The SMILES string of the molecule is CCCN1CCC(NC(=O)C2(N)CCCC2)CC1. The summed E-state index contributed by atoms with van der Waals surface area (Å²) in [6, 6.07) is 0.339. The summed E-state index contributed by atoms with van der Waals surface area (Å²) in [7, 11) is 0. The number of hydrogen-bond donors (Lipinski definition) is 2. The van der Waals surface area contributed by atoms with Crippen molar-refractivity contribution < 1.29 is 4.79 Å². The smallest absolute Gasteiger partial charge is 0.240 e. The van der Waals surface area contributed by atoms with Crippen molar-refractivity contribution in [3.05, 3.63) is 0 Å². The van der Waals surface area contributed by atoms with E-state index in [1.807, 2.05) is 0 Å². The molecule has 0 aromatic heterocycles. The third kappa shape index (κ3) is 3.23. The van der Waals surface area contributed by atoms with Crippen molar-refractivity contribution in [3.63, 3.8) is 0 Å². The molecule has 2 rings (SSSR count). The second kappa shape index (κ2) is 6.02. The minimum absolute atomic E-state index is 0.0916. The zero-order valence-corrected chi connectivity index (χ0v) is 11.6. The summed E-state index contributed by atoms with van der Waals surface area (Å²) >= 11 is 0. The predicted octanol–water partition coefficient (Wildman–Crippen LogP) is 1.25. The molecule has 0 spiro atoms. The molecule has 1 heterocycles. The van der Waals surface area contributed by atoms with Gasteiger partial charge in [0.25, 0.3) is 0 Å². The molecule has 18 heavy (non-hydrogen) atoms. The van der Waals surface area contributed by atoms with E-state index in [4.69, 9.17) is 5.73 Å². The lowest BCUT2D eigenvalue weighted by Crippen LogP contribution is -2.56. The summed E-state index contributed by atoms with van der Waals surface area (Å²) in [4.78, 5) is 14.7. The van der Waals surface area contributed by atoms with Gasteiger partial charge in [-0.05, 0) is 38.6 Å². The Morgan fingerprint density at radius 3 is 2.50 bits per heavy atom. The van der Waals surface area contributed by atoms with E-state index in [-0.39, 0.29) is 5.91 Å². The van der Waals surface area contributed by atoms with Gasteiger partial charge in [-0.25, -0.2) is 0 Å². The first-order valence-electron chi connectivity index (χ1n) is 7.46. The third-order valence-electron chi connectivity index (χ3n) is 4.41. The van der Waals surface area contributed by atoms with Crippen LogP contribution in [-0.2, 0) is 4.79 Å². The van der Waals surface area contributed by atoms with Gasteiger partial charge in [-0.2, -0.15) is 0 Å². The van der Waals surface area contributed by atoms with Gasteiger partial charge in [-0.15, -0.1) is 0 Å². The van der Waals surface area contributed by atoms with Crippen LogP contribution in [0.3, 0.4) is 0 Å². The summed E-state index contributed by atoms with van der Waals surface area (Å²) in [5.74, 6) is 0.0916. The van der Waals surface area contributed by atoms with Gasteiger partial charge in [-0.3, -0.25) is 4.79 Å². The summed E-state index contributed by atoms with van der Waals surface area (Å²) in [5, 5.41) is 3.17. The summed E-state index contributed by atoms with van der Waals surface area (Å²) < 4.78 is 0. The molecule has 0 aromatic carbocycles. The number of amides is 1. The van der Waals surface area contributed by atoms with Crippen LogP contribution in [0.4, 0.5) is 0 Å². The van der Waals surface area contributed by atoms with E-state index in [1.165, 1.54) is 13.0 Å². The number of carbonyl (C=O) groups is 1. The van der Waals surface area contributed by atoms with Gasteiger partial charge in [0.05, 0.1) is 5.54 Å². The zero-order valence-electron chi connectivity index (χ0n) is 11.6. The number of nitrogens with two attached hydrogens (primary N) is 1. The summed E-state index contributed by atoms with van der Waals surface area (Å²) in [6.45, 7) is 5.61. The lowest BCUT2D eigenvalue weighted by molar-refractivity contribution is -0.127. The van der Waals surface area contributed by atoms with Crippen LogP contribution in [0.15, 0.2) is 0 Å². The number of nitrogens with zero attached hydrogens (tertiary/aromatic N) is 1. The Labute approximate surface area is 110 Å². The lowest BCUT2D eigenvalue weighted by atomic mass is 9.96. The highest BCUT2D eigenvalue weighted by atomic mass is 16.2. The van der Waals surface area contributed by atoms with Gasteiger partial charge < -0.3 is 16.0 Å². The minimum Gasteiger partial charge on any atom is -0.352 e. The lowest BCUT2D eigenvalue weighted by Gasteiger charge is -2.34. The van der Waals surface area contributed by atoms with Crippen LogP contribution in [0.5, 0.6) is 0 Å². The van der Waals surface area contributed by atoms with Crippen LogP contribution >= 0.6 is 0 Å². The quantitative estimate of drug-likeness (QED) is 0.793. The highest BCUT2D eigenvalue weighted by molar-refractivity contribution is 5.86. The molecule has 1 aliphatic heterocycles. The van der Waals surface area contributed by atoms with Crippen LogP contribution in [0, 0.1) is 0 Å². The fourth-order valence-corrected chi connectivity index (χ4v) is 3.18. The van der Waals surface area contributed by atoms with Crippen molar-refractivity contribution in [2.45, 2.75) is 63.5 Å². The van der Waals surface area contributed by atoms with Gasteiger partial charge in [0.15, 0.2) is 0 Å². The predicted molar refractivity (Wildman–Crippen MR) is 73.3 cm³/mol. The number of nitrogens with one attached hydrogen (secondary N) is 1. The van der Waals surface area contributed by atoms with E-state index in [0.717, 1.165) is 51.6 Å². The van der Waals surface area contributed by atoms with Crippen LogP contribution in [0.25, 0.3) is 0 Å². The molecule has 104 valence electrons. The van der Waals surface area contributed by atoms with Gasteiger partial charge in [0, 0.05) is 19.1 Å². The van der Waals surface area contributed by atoms with E-state index in [1.54, 1.807) is 0 Å². The Bertz CT molecular complexity index is 279. The highest BCUT2D eigenvalue weighted by Crippen LogP contribution is 2.27. The molecule has 0 aromatic rings. The number of hydrogen-bond acceptors (Lipinski definition) is 3. The molecule has 0 bridgehead atoms. The molecule has 2 fully saturated rings. The van der Waals surface area contributed by atoms with E-state index in [9.17, 15) is 4.79 Å². The molecule has 2 aliphatic rings. The number of rotatable bonds is 4. The van der Waals surface area contributed by atoms with Crippen molar-refractivity contribution in [2.75, 3.05) is 19.6 Å². The molecule has 3 N–H and O–H groups in total. The van der Waals surface area contributed by atoms with Crippen molar-refractivity contribution >= 4 is 5.91 Å². The molecule has 1 saturated carbocycles. The van der Waals surface area contributed by atoms with Crippen LogP contribution in [0.1, 0.15) is 51.9 Å². The standard InChI is InChI=1S/C14H27N3O/c1-2-9-17-10-5-12(6-11-17)16-13(18)14(15)7-3-4-8-14/h12H,2-11,15H2,1H3,(H,16,18). The molecular formula is C14H27N3O. The zero-order chi connectivity index (χ0) is 13.0. The Morgan fingerprint density at radius 2 is 1.94 bits per heavy atom. The first kappa shape index (κ1) is 13.8. The molecule has 4 heteroatoms. The van der Waals surface area contributed by atoms with Crippen LogP contribution < -0.4 is 11.1 Å². The fourth-order valence-electron chi connectivity index (χ4n) is 3.18. The highest BCUT2D eigenvalue weighted by Gasteiger charge is 2.38. The maximum absolute atomic E-state index is 12.2. The van der Waals surface area contributed by atoms with Crippen molar-refractivity contribution in [1.29, 1.82) is 0 Å². The fraction of sp³-hybridized carbons (Fsp3) is 0.929. The summed E-state index contributed by atoms with van der Waals surface area (Å²) in [5.41, 5.74) is 5.60. The van der Waals surface area contributed by atoms with Crippen LogP contribution in [-0.4, -0.2) is 42.0 Å². The topological polar surface area (TPSA) is 58.4 Å². The maximum atomic E-state index is 12.2. The van der Waals surface area contributed by atoms with Crippen molar-refractivity contribution in [3.8, 4) is 0 Å². The minimum atomic E-state index is -0.569. The largest absolute Gasteiger partial charge is 0.352 e. The second-order valence-corrected chi connectivity index (χ2v) is 5.95. The Balaban J connectivity index is 1.76. The molecule has 0 atom stereocenters. The van der Waals surface area contributed by atoms with Crippen molar-refractivity contribution in [1.82, 2.24) is 10.2 Å². The molecule has 0 radical (unpaired) electrons. The third-order valence-corrected chi connectivity index (χ3v) is 4.41. The van der Waals surface area contributed by atoms with E-state index >= 15 is 0 Å². The van der Waals surface area contributed by atoms with E-state index in [0.29, 0.717) is 6.04 Å². The Hall–Kier alpha value is -0.610. The Kier molecular flexibility index (Phi) is 4.62. The van der Waals surface area contributed by atoms with Gasteiger partial charge >= 0.3 is 0 Å². The average Bonchev–Trinajstić information content (AvgIpc) is 2.80. The maximum Gasteiger partial charge on any atom is 0.240 e. The van der Waals surface area contributed by atoms with Crippen LogP contribution in [0.2, 0.25) is 0 Å². The molecule has 4 nitrogen and oxygen atoms in total. The van der Waals surface area contributed by atoms with E-state index in [2.05, 4.69) is 17.1 Å². The molecule has 1 saturated heterocycles. The monoisotopic (exact) mass is 253 g/mol. The molecule has 1 amide bonds. The number of likely N-dealkylation sites (tertiary alicyclic amines) is 1. The Morgan fingerprint density at radius 1 is 1.33 bits per heavy atom.